The maximum absolute atomic E-state index is 12.8. The molecule has 0 spiro atoms. The quantitative estimate of drug-likeness (QED) is 0.522. The number of carbonyl (C=O) groups is 2. The Morgan fingerprint density at radius 3 is 2.52 bits per heavy atom. The Balaban J connectivity index is 2.30. The molecule has 1 atom stereocenters. The van der Waals surface area contributed by atoms with Gasteiger partial charge in [0, 0.05) is 5.56 Å². The van der Waals surface area contributed by atoms with Crippen LogP contribution in [-0.2, 0) is 16.0 Å². The number of hydrogen-bond acceptors (Lipinski definition) is 7. The fourth-order valence-electron chi connectivity index (χ4n) is 3.95. The number of Topliss-reactive ketones (excluding diaryl/α,β-unsaturated/α-hetero) is 1. The van der Waals surface area contributed by atoms with E-state index in [1.807, 2.05) is 12.3 Å². The zero-order chi connectivity index (χ0) is 22.7. The monoisotopic (exact) mass is 443 g/mol. The molecule has 2 N–H and O–H groups in total. The normalized spacial score (nSPS) is 14.6. The molecule has 0 saturated carbocycles. The van der Waals surface area contributed by atoms with E-state index < -0.39 is 11.9 Å². The first-order valence-electron chi connectivity index (χ1n) is 9.78. The summed E-state index contributed by atoms with van der Waals surface area (Å²) in [5.41, 5.74) is 2.69. The van der Waals surface area contributed by atoms with E-state index in [-0.39, 0.29) is 29.1 Å². The first kappa shape index (κ1) is 22.7. The van der Waals surface area contributed by atoms with Gasteiger partial charge in [-0.15, -0.1) is 11.8 Å². The lowest BCUT2D eigenvalue weighted by molar-refractivity contribution is -0.127. The predicted molar refractivity (Wildman–Crippen MR) is 119 cm³/mol. The van der Waals surface area contributed by atoms with E-state index in [2.05, 4.69) is 5.32 Å². The highest BCUT2D eigenvalue weighted by molar-refractivity contribution is 7.98. The van der Waals surface area contributed by atoms with Crippen LogP contribution in [0, 0.1) is 0 Å². The van der Waals surface area contributed by atoms with Crippen molar-refractivity contribution in [3.63, 3.8) is 0 Å². The molecule has 8 heteroatoms. The summed E-state index contributed by atoms with van der Waals surface area (Å²) >= 11 is 1.34. The van der Waals surface area contributed by atoms with Gasteiger partial charge in [0.15, 0.2) is 16.9 Å². The molecular formula is C23H25NO6S. The number of carbonyl (C=O) groups excluding carboxylic acids is 2. The molecule has 1 amide bonds. The van der Waals surface area contributed by atoms with E-state index in [0.29, 0.717) is 40.2 Å². The third kappa shape index (κ3) is 4.54. The second kappa shape index (κ2) is 9.43. The van der Waals surface area contributed by atoms with Gasteiger partial charge in [-0.25, -0.2) is 0 Å². The zero-order valence-electron chi connectivity index (χ0n) is 17.9. The van der Waals surface area contributed by atoms with Gasteiger partial charge >= 0.3 is 0 Å². The Morgan fingerprint density at radius 2 is 1.90 bits per heavy atom. The van der Waals surface area contributed by atoms with Gasteiger partial charge in [-0.05, 0) is 60.9 Å². The van der Waals surface area contributed by atoms with E-state index in [1.54, 1.807) is 12.1 Å². The molecule has 3 rings (SSSR count). The summed E-state index contributed by atoms with van der Waals surface area (Å²) < 4.78 is 11.0. The zero-order valence-corrected chi connectivity index (χ0v) is 18.7. The maximum Gasteiger partial charge on any atom is 0.227 e. The van der Waals surface area contributed by atoms with Crippen LogP contribution in [0.1, 0.15) is 36.9 Å². The first-order chi connectivity index (χ1) is 14.8. The van der Waals surface area contributed by atoms with Crippen molar-refractivity contribution in [1.29, 1.82) is 0 Å². The number of aryl methyl sites for hydroxylation is 1. The number of nitrogens with one attached hydrogen (secondary N) is 1. The van der Waals surface area contributed by atoms with E-state index in [9.17, 15) is 19.5 Å². The van der Waals surface area contributed by atoms with Gasteiger partial charge in [0.2, 0.25) is 11.7 Å². The van der Waals surface area contributed by atoms with Gasteiger partial charge in [0.25, 0.3) is 0 Å². The van der Waals surface area contributed by atoms with Crippen LogP contribution in [0.2, 0.25) is 0 Å². The minimum Gasteiger partial charge on any atom is -0.504 e. The highest BCUT2D eigenvalue weighted by Crippen LogP contribution is 2.49. The summed E-state index contributed by atoms with van der Waals surface area (Å²) in [5.74, 6) is -0.123. The molecule has 0 fully saturated rings. The number of phenolic OH excluding ortho intramolecular Hbond substituents is 1. The Hall–Kier alpha value is -3.00. The molecule has 0 bridgehead atoms. The Kier molecular flexibility index (Phi) is 6.90. The van der Waals surface area contributed by atoms with Crippen LogP contribution in [0.5, 0.6) is 17.2 Å². The number of aromatic hydroxyl groups is 1. The summed E-state index contributed by atoms with van der Waals surface area (Å²) in [7, 11) is 2.93. The highest BCUT2D eigenvalue weighted by atomic mass is 32.2. The van der Waals surface area contributed by atoms with Gasteiger partial charge in [-0.1, -0.05) is 6.07 Å². The highest BCUT2D eigenvalue weighted by Gasteiger charge is 2.29. The lowest BCUT2D eigenvalue weighted by Gasteiger charge is -2.19. The topological polar surface area (TPSA) is 102 Å². The van der Waals surface area contributed by atoms with Crippen molar-refractivity contribution >= 4 is 23.5 Å². The van der Waals surface area contributed by atoms with Crippen LogP contribution in [0.3, 0.4) is 0 Å². The minimum atomic E-state index is -0.484. The van der Waals surface area contributed by atoms with Crippen LogP contribution in [-0.4, -0.2) is 37.3 Å². The van der Waals surface area contributed by atoms with Crippen LogP contribution < -0.4 is 20.2 Å². The molecule has 1 aliphatic rings. The molecule has 2 aromatic carbocycles. The van der Waals surface area contributed by atoms with Gasteiger partial charge in [-0.2, -0.15) is 0 Å². The summed E-state index contributed by atoms with van der Waals surface area (Å²) in [6.45, 7) is 1.36. The van der Waals surface area contributed by atoms with Crippen LogP contribution in [0.25, 0.3) is 11.1 Å². The van der Waals surface area contributed by atoms with Crippen molar-refractivity contribution in [3.05, 3.63) is 45.6 Å². The SMILES string of the molecule is COc1c(O)cc2c(c1OC)-c1ccc(SC)c(=O)cc1[C@@H](NC(=O)CC(C)=O)CC2. The summed E-state index contributed by atoms with van der Waals surface area (Å²) in [6.07, 6.45) is 2.59. The smallest absolute Gasteiger partial charge is 0.227 e. The molecule has 7 nitrogen and oxygen atoms in total. The number of methoxy groups -OCH3 is 2. The molecule has 2 aromatic rings. The number of ether oxygens (including phenoxy) is 2. The molecule has 31 heavy (non-hydrogen) atoms. The second-order valence-corrected chi connectivity index (χ2v) is 8.16. The van der Waals surface area contributed by atoms with Crippen LogP contribution in [0.4, 0.5) is 0 Å². The van der Waals surface area contributed by atoms with Crippen LogP contribution in [0.15, 0.2) is 34.0 Å². The molecular weight excluding hydrogens is 418 g/mol. The number of benzene rings is 1. The standard InChI is InChI=1S/C23H25NO6S/c1-12(25)9-20(28)24-16-7-5-13-10-18(27)22(29-2)23(30-3)21(13)14-6-8-19(31-4)17(26)11-15(14)16/h6,8,10-11,16,27H,5,7,9H2,1-4H3,(H,24,28)/t16-/m0/s1. The van der Waals surface area contributed by atoms with Crippen LogP contribution >= 0.6 is 11.8 Å². The molecule has 0 heterocycles. The number of thioether (sulfide) groups is 1. The fourth-order valence-corrected chi connectivity index (χ4v) is 4.42. The van der Waals surface area contributed by atoms with E-state index in [4.69, 9.17) is 9.47 Å². The lowest BCUT2D eigenvalue weighted by atomic mass is 9.95. The minimum absolute atomic E-state index is 0.0478. The average Bonchev–Trinajstić information content (AvgIpc) is 2.95. The number of hydrogen-bond donors (Lipinski definition) is 2. The van der Waals surface area contributed by atoms with E-state index in [1.165, 1.54) is 39.0 Å². The third-order valence-electron chi connectivity index (χ3n) is 5.26. The van der Waals surface area contributed by atoms with E-state index >= 15 is 0 Å². The Morgan fingerprint density at radius 1 is 1.19 bits per heavy atom. The number of phenols is 1. The number of ketones is 1. The summed E-state index contributed by atoms with van der Waals surface area (Å²) in [5, 5.41) is 13.3. The first-order valence-corrected chi connectivity index (χ1v) is 11.0. The average molecular weight is 444 g/mol. The Labute approximate surface area is 184 Å². The predicted octanol–water partition coefficient (Wildman–Crippen LogP) is 3.24. The van der Waals surface area contributed by atoms with Crippen molar-refractivity contribution in [3.8, 4) is 28.4 Å². The van der Waals surface area contributed by atoms with Crippen molar-refractivity contribution in [2.75, 3.05) is 20.5 Å². The van der Waals surface area contributed by atoms with Gasteiger partial charge in [0.05, 0.1) is 31.6 Å². The maximum atomic E-state index is 12.8. The lowest BCUT2D eigenvalue weighted by Crippen LogP contribution is -2.30. The summed E-state index contributed by atoms with van der Waals surface area (Å²) in [6, 6.07) is 6.25. The van der Waals surface area contributed by atoms with E-state index in [0.717, 1.165) is 5.56 Å². The molecule has 0 unspecified atom stereocenters. The number of fused-ring (bicyclic) bond motifs is 3. The Bertz CT molecular complexity index is 1100. The van der Waals surface area contributed by atoms with Crippen molar-refractivity contribution in [1.82, 2.24) is 5.32 Å². The molecule has 0 aliphatic heterocycles. The summed E-state index contributed by atoms with van der Waals surface area (Å²) in [4.78, 5) is 37.1. The van der Waals surface area contributed by atoms with Gasteiger partial charge in [0.1, 0.15) is 5.78 Å². The van der Waals surface area contributed by atoms with Crippen molar-refractivity contribution in [2.24, 2.45) is 0 Å². The van der Waals surface area contributed by atoms with Crippen molar-refractivity contribution < 1.29 is 24.2 Å². The molecule has 164 valence electrons. The van der Waals surface area contributed by atoms with Crippen molar-refractivity contribution in [2.45, 2.75) is 37.1 Å². The third-order valence-corrected chi connectivity index (χ3v) is 6.04. The van der Waals surface area contributed by atoms with Gasteiger partial charge in [-0.3, -0.25) is 14.4 Å². The molecule has 0 aromatic heterocycles. The van der Waals surface area contributed by atoms with Gasteiger partial charge < -0.3 is 19.9 Å². The largest absolute Gasteiger partial charge is 0.504 e. The molecule has 0 saturated heterocycles. The molecule has 0 radical (unpaired) electrons. The molecule has 1 aliphatic carbocycles. The second-order valence-electron chi connectivity index (χ2n) is 7.31. The fraction of sp³-hybridized carbons (Fsp3) is 0.348. The number of amides is 1. The number of rotatable bonds is 6.